The first-order valence-corrected chi connectivity index (χ1v) is 12.9. The van der Waals surface area contributed by atoms with Crippen molar-refractivity contribution in [2.75, 3.05) is 39.5 Å². The molecule has 1 aliphatic carbocycles. The second kappa shape index (κ2) is 9.69. The van der Waals surface area contributed by atoms with Crippen molar-refractivity contribution in [1.29, 1.82) is 0 Å². The summed E-state index contributed by atoms with van der Waals surface area (Å²) in [4.78, 5) is 17.9. The minimum atomic E-state index is -3.55. The Hall–Kier alpha value is -3.01. The molecule has 1 aromatic heterocycles. The van der Waals surface area contributed by atoms with Gasteiger partial charge in [-0.3, -0.25) is 4.98 Å². The standard InChI is InChI=1S/C25H26N2O6S/c28-25(24-20-4-1-2-6-22(20)26-23-7-3-5-21(23)24)33-17-16-32-18-8-10-19(11-9-18)34(29,30)27-12-14-31-15-13-27/h1-2,4,6,8-11H,3,5,7,12-17H2. The summed E-state index contributed by atoms with van der Waals surface area (Å²) in [7, 11) is -3.55. The molecule has 2 aliphatic rings. The molecule has 5 rings (SSSR count). The van der Waals surface area contributed by atoms with Gasteiger partial charge in [0.2, 0.25) is 10.0 Å². The second-order valence-corrected chi connectivity index (χ2v) is 10.2. The number of fused-ring (bicyclic) bond motifs is 2. The molecule has 1 fully saturated rings. The van der Waals surface area contributed by atoms with Crippen molar-refractivity contribution >= 4 is 26.9 Å². The van der Waals surface area contributed by atoms with Gasteiger partial charge in [-0.05, 0) is 55.2 Å². The number of hydrogen-bond acceptors (Lipinski definition) is 7. The summed E-state index contributed by atoms with van der Waals surface area (Å²) in [6, 6.07) is 13.9. The molecule has 1 saturated heterocycles. The first-order valence-electron chi connectivity index (χ1n) is 11.4. The van der Waals surface area contributed by atoms with Crippen LogP contribution in [0.25, 0.3) is 10.9 Å². The molecule has 0 atom stereocenters. The number of carbonyl (C=O) groups is 1. The van der Waals surface area contributed by atoms with Crippen molar-refractivity contribution in [3.05, 3.63) is 65.4 Å². The first kappa shape index (κ1) is 22.8. The van der Waals surface area contributed by atoms with E-state index in [1.165, 1.54) is 16.4 Å². The van der Waals surface area contributed by atoms with Gasteiger partial charge in [0.15, 0.2) is 0 Å². The van der Waals surface area contributed by atoms with Crippen LogP contribution in [0.1, 0.15) is 28.0 Å². The number of carbonyl (C=O) groups excluding carboxylic acids is 1. The van der Waals surface area contributed by atoms with E-state index in [4.69, 9.17) is 19.2 Å². The molecule has 9 heteroatoms. The van der Waals surface area contributed by atoms with Crippen LogP contribution in [-0.2, 0) is 32.3 Å². The monoisotopic (exact) mass is 482 g/mol. The van der Waals surface area contributed by atoms with E-state index in [1.54, 1.807) is 12.1 Å². The zero-order valence-corrected chi connectivity index (χ0v) is 19.6. The number of pyridine rings is 1. The Morgan fingerprint density at radius 2 is 1.76 bits per heavy atom. The summed E-state index contributed by atoms with van der Waals surface area (Å²) >= 11 is 0. The van der Waals surface area contributed by atoms with Crippen LogP contribution in [0.3, 0.4) is 0 Å². The summed E-state index contributed by atoms with van der Waals surface area (Å²) in [5.74, 6) is 0.138. The Balaban J connectivity index is 1.20. The van der Waals surface area contributed by atoms with Gasteiger partial charge in [-0.1, -0.05) is 18.2 Å². The van der Waals surface area contributed by atoms with E-state index in [0.29, 0.717) is 37.6 Å². The van der Waals surface area contributed by atoms with Crippen LogP contribution in [0, 0.1) is 0 Å². The summed E-state index contributed by atoms with van der Waals surface area (Å²) < 4.78 is 43.3. The largest absolute Gasteiger partial charge is 0.490 e. The van der Waals surface area contributed by atoms with Gasteiger partial charge in [0, 0.05) is 24.2 Å². The fourth-order valence-electron chi connectivity index (χ4n) is 4.45. The topological polar surface area (TPSA) is 95.0 Å². The maximum atomic E-state index is 12.9. The van der Waals surface area contributed by atoms with Crippen molar-refractivity contribution < 1.29 is 27.4 Å². The number of aryl methyl sites for hydroxylation is 1. The summed E-state index contributed by atoms with van der Waals surface area (Å²) in [5, 5.41) is 0.811. The highest BCUT2D eigenvalue weighted by atomic mass is 32.2. The highest BCUT2D eigenvalue weighted by Gasteiger charge is 2.26. The number of morpholine rings is 1. The number of sulfonamides is 1. The van der Waals surface area contributed by atoms with Gasteiger partial charge < -0.3 is 14.2 Å². The molecule has 0 unspecified atom stereocenters. The van der Waals surface area contributed by atoms with E-state index < -0.39 is 10.0 Å². The Labute approximate surface area is 198 Å². The molecule has 34 heavy (non-hydrogen) atoms. The van der Waals surface area contributed by atoms with Crippen LogP contribution >= 0.6 is 0 Å². The molecule has 0 N–H and O–H groups in total. The summed E-state index contributed by atoms with van der Waals surface area (Å²) in [6.07, 6.45) is 2.69. The lowest BCUT2D eigenvalue weighted by Gasteiger charge is -2.26. The summed E-state index contributed by atoms with van der Waals surface area (Å²) in [6.45, 7) is 1.74. The predicted molar refractivity (Wildman–Crippen MR) is 126 cm³/mol. The van der Waals surface area contributed by atoms with Crippen LogP contribution in [0.2, 0.25) is 0 Å². The second-order valence-electron chi connectivity index (χ2n) is 8.25. The maximum Gasteiger partial charge on any atom is 0.339 e. The number of benzene rings is 2. The van der Waals surface area contributed by atoms with E-state index >= 15 is 0 Å². The number of nitrogens with zero attached hydrogens (tertiary/aromatic N) is 2. The van der Waals surface area contributed by atoms with Crippen LogP contribution in [0.5, 0.6) is 5.75 Å². The molecule has 1 aliphatic heterocycles. The van der Waals surface area contributed by atoms with E-state index in [2.05, 4.69) is 0 Å². The molecule has 0 spiro atoms. The van der Waals surface area contributed by atoms with Crippen LogP contribution in [0.4, 0.5) is 0 Å². The average molecular weight is 483 g/mol. The summed E-state index contributed by atoms with van der Waals surface area (Å²) in [5.41, 5.74) is 3.38. The molecule has 3 aromatic rings. The number of para-hydroxylation sites is 1. The third-order valence-corrected chi connectivity index (χ3v) is 8.05. The quantitative estimate of drug-likeness (QED) is 0.377. The molecule has 0 radical (unpaired) electrons. The molecule has 2 heterocycles. The van der Waals surface area contributed by atoms with E-state index in [0.717, 1.165) is 41.4 Å². The Morgan fingerprint density at radius 3 is 2.56 bits per heavy atom. The zero-order chi connectivity index (χ0) is 23.5. The lowest BCUT2D eigenvalue weighted by atomic mass is 10.0. The minimum absolute atomic E-state index is 0.0814. The highest BCUT2D eigenvalue weighted by Crippen LogP contribution is 2.30. The minimum Gasteiger partial charge on any atom is -0.490 e. The molecule has 0 bridgehead atoms. The number of aromatic nitrogens is 1. The predicted octanol–water partition coefficient (Wildman–Crippen LogP) is 2.98. The van der Waals surface area contributed by atoms with Crippen LogP contribution in [0.15, 0.2) is 53.4 Å². The molecule has 8 nitrogen and oxygen atoms in total. The van der Waals surface area contributed by atoms with Gasteiger partial charge in [-0.15, -0.1) is 0 Å². The fraction of sp³-hybridized carbons (Fsp3) is 0.360. The molecular weight excluding hydrogens is 456 g/mol. The van der Waals surface area contributed by atoms with Crippen molar-refractivity contribution in [1.82, 2.24) is 9.29 Å². The van der Waals surface area contributed by atoms with Crippen molar-refractivity contribution in [2.45, 2.75) is 24.2 Å². The maximum absolute atomic E-state index is 12.9. The Morgan fingerprint density at radius 1 is 1.00 bits per heavy atom. The van der Waals surface area contributed by atoms with Gasteiger partial charge in [-0.2, -0.15) is 4.31 Å². The number of hydrogen-bond donors (Lipinski definition) is 0. The van der Waals surface area contributed by atoms with Crippen LogP contribution in [-0.4, -0.2) is 63.2 Å². The third kappa shape index (κ3) is 4.51. The molecule has 178 valence electrons. The average Bonchev–Trinajstić information content (AvgIpc) is 3.34. The van der Waals surface area contributed by atoms with Gasteiger partial charge in [-0.25, -0.2) is 13.2 Å². The van der Waals surface area contributed by atoms with Gasteiger partial charge >= 0.3 is 5.97 Å². The molecule has 0 amide bonds. The van der Waals surface area contributed by atoms with Crippen LogP contribution < -0.4 is 4.74 Å². The smallest absolute Gasteiger partial charge is 0.339 e. The normalized spacial score (nSPS) is 16.4. The Bertz CT molecular complexity index is 1300. The third-order valence-electron chi connectivity index (χ3n) is 6.14. The fourth-order valence-corrected chi connectivity index (χ4v) is 5.86. The van der Waals surface area contributed by atoms with Crippen molar-refractivity contribution in [2.24, 2.45) is 0 Å². The SMILES string of the molecule is O=C(OCCOc1ccc(S(=O)(=O)N2CCOCC2)cc1)c1c2c(nc3ccccc13)CCC2. The molecule has 2 aromatic carbocycles. The van der Waals surface area contributed by atoms with Gasteiger partial charge in [0.1, 0.15) is 19.0 Å². The zero-order valence-electron chi connectivity index (χ0n) is 18.7. The van der Waals surface area contributed by atoms with E-state index in [1.807, 2.05) is 24.3 Å². The van der Waals surface area contributed by atoms with Gasteiger partial charge in [0.05, 0.1) is 29.2 Å². The number of ether oxygens (including phenoxy) is 3. The number of rotatable bonds is 7. The number of esters is 1. The Kier molecular flexibility index (Phi) is 6.49. The van der Waals surface area contributed by atoms with Crippen molar-refractivity contribution in [3.8, 4) is 5.75 Å². The molecule has 0 saturated carbocycles. The van der Waals surface area contributed by atoms with E-state index in [9.17, 15) is 13.2 Å². The lowest BCUT2D eigenvalue weighted by molar-refractivity contribution is 0.0451. The lowest BCUT2D eigenvalue weighted by Crippen LogP contribution is -2.40. The molecular formula is C25H26N2O6S. The van der Waals surface area contributed by atoms with E-state index in [-0.39, 0.29) is 24.1 Å². The van der Waals surface area contributed by atoms with Crippen molar-refractivity contribution in [3.63, 3.8) is 0 Å². The highest BCUT2D eigenvalue weighted by molar-refractivity contribution is 7.89. The first-order chi connectivity index (χ1) is 16.5. The van der Waals surface area contributed by atoms with Gasteiger partial charge in [0.25, 0.3) is 0 Å².